The van der Waals surface area contributed by atoms with Gasteiger partial charge in [0.25, 0.3) is 10.0 Å². The van der Waals surface area contributed by atoms with Crippen LogP contribution in [-0.4, -0.2) is 21.0 Å². The largest absolute Gasteiger partial charge is 0.447 e. The van der Waals surface area contributed by atoms with E-state index in [2.05, 4.69) is 4.72 Å². The first kappa shape index (κ1) is 15.0. The standard InChI is InChI=1S/C13H10N2O4S2/c14-7-8-19-13(16)10-4-1-2-5-11(10)15-21(17,18)12-6-3-9-20-12/h1-6,9,15H,8H2. The minimum absolute atomic E-state index is 0.0490. The summed E-state index contributed by atoms with van der Waals surface area (Å²) in [4.78, 5) is 11.8. The van der Waals surface area contributed by atoms with Crippen molar-refractivity contribution in [2.24, 2.45) is 0 Å². The van der Waals surface area contributed by atoms with Crippen LogP contribution in [0.5, 0.6) is 0 Å². The average Bonchev–Trinajstić information content (AvgIpc) is 3.00. The van der Waals surface area contributed by atoms with Crippen LogP contribution < -0.4 is 4.72 Å². The number of para-hydroxylation sites is 1. The Hall–Kier alpha value is -2.37. The number of hydrogen-bond acceptors (Lipinski definition) is 6. The number of esters is 1. The van der Waals surface area contributed by atoms with Gasteiger partial charge in [-0.2, -0.15) is 5.26 Å². The second-order valence-electron chi connectivity index (χ2n) is 3.82. The number of carbonyl (C=O) groups excluding carboxylic acids is 1. The lowest BCUT2D eigenvalue weighted by Gasteiger charge is -2.10. The quantitative estimate of drug-likeness (QED) is 0.852. The van der Waals surface area contributed by atoms with Gasteiger partial charge in [0, 0.05) is 0 Å². The van der Waals surface area contributed by atoms with Gasteiger partial charge in [0.05, 0.1) is 11.3 Å². The molecule has 2 aromatic rings. The van der Waals surface area contributed by atoms with Gasteiger partial charge in [-0.3, -0.25) is 4.72 Å². The molecule has 0 atom stereocenters. The Balaban J connectivity index is 2.29. The molecule has 8 heteroatoms. The summed E-state index contributed by atoms with van der Waals surface area (Å²) in [5, 5.41) is 10.0. The van der Waals surface area contributed by atoms with Crippen molar-refractivity contribution in [1.82, 2.24) is 0 Å². The number of nitrogens with zero attached hydrogens (tertiary/aromatic N) is 1. The van der Waals surface area contributed by atoms with E-state index >= 15 is 0 Å². The number of hydrogen-bond donors (Lipinski definition) is 1. The maximum Gasteiger partial charge on any atom is 0.341 e. The topological polar surface area (TPSA) is 96.3 Å². The lowest BCUT2D eigenvalue weighted by atomic mass is 10.2. The van der Waals surface area contributed by atoms with Gasteiger partial charge in [0.1, 0.15) is 10.3 Å². The van der Waals surface area contributed by atoms with Crippen molar-refractivity contribution in [3.05, 3.63) is 47.3 Å². The molecule has 1 aromatic heterocycles. The number of ether oxygens (including phenoxy) is 1. The lowest BCUT2D eigenvalue weighted by Crippen LogP contribution is -2.15. The fraction of sp³-hybridized carbons (Fsp3) is 0.0769. The van der Waals surface area contributed by atoms with Crippen LogP contribution in [0.1, 0.15) is 10.4 Å². The number of thiophene rings is 1. The third kappa shape index (κ3) is 3.59. The van der Waals surface area contributed by atoms with Gasteiger partial charge in [0.2, 0.25) is 0 Å². The second-order valence-corrected chi connectivity index (χ2v) is 6.67. The minimum Gasteiger partial charge on any atom is -0.447 e. The molecule has 0 radical (unpaired) electrons. The summed E-state index contributed by atoms with van der Waals surface area (Å²) in [7, 11) is -3.75. The predicted octanol–water partition coefficient (Wildman–Crippen LogP) is 2.23. The van der Waals surface area contributed by atoms with Crippen molar-refractivity contribution in [2.75, 3.05) is 11.3 Å². The highest BCUT2D eigenvalue weighted by atomic mass is 32.2. The van der Waals surface area contributed by atoms with Crippen LogP contribution in [0.4, 0.5) is 5.69 Å². The number of nitrogens with one attached hydrogen (secondary N) is 1. The molecule has 2 rings (SSSR count). The number of benzene rings is 1. The molecule has 0 saturated carbocycles. The normalized spacial score (nSPS) is 10.6. The van der Waals surface area contributed by atoms with E-state index in [1.807, 2.05) is 0 Å². The summed E-state index contributed by atoms with van der Waals surface area (Å²) in [6.07, 6.45) is 0. The van der Waals surface area contributed by atoms with E-state index in [0.717, 1.165) is 11.3 Å². The fourth-order valence-electron chi connectivity index (χ4n) is 1.54. The van der Waals surface area contributed by atoms with Gasteiger partial charge >= 0.3 is 5.97 Å². The Kier molecular flexibility index (Phi) is 4.57. The molecular formula is C13H10N2O4S2. The highest BCUT2D eigenvalue weighted by Gasteiger charge is 2.19. The maximum atomic E-state index is 12.1. The van der Waals surface area contributed by atoms with Gasteiger partial charge < -0.3 is 4.74 Å². The molecule has 0 amide bonds. The Bertz CT molecular complexity index is 777. The van der Waals surface area contributed by atoms with E-state index < -0.39 is 22.6 Å². The van der Waals surface area contributed by atoms with Crippen LogP contribution in [0.2, 0.25) is 0 Å². The smallest absolute Gasteiger partial charge is 0.341 e. The number of carbonyl (C=O) groups is 1. The molecule has 1 heterocycles. The van der Waals surface area contributed by atoms with Crippen molar-refractivity contribution >= 4 is 33.0 Å². The molecule has 108 valence electrons. The number of rotatable bonds is 5. The molecule has 0 aliphatic carbocycles. The van der Waals surface area contributed by atoms with Crippen LogP contribution in [-0.2, 0) is 14.8 Å². The zero-order chi connectivity index (χ0) is 15.3. The van der Waals surface area contributed by atoms with Crippen LogP contribution in [0.15, 0.2) is 46.0 Å². The van der Waals surface area contributed by atoms with E-state index in [4.69, 9.17) is 10.00 Å². The number of anilines is 1. The van der Waals surface area contributed by atoms with Crippen molar-refractivity contribution in [1.29, 1.82) is 5.26 Å². The predicted molar refractivity (Wildman–Crippen MR) is 77.5 cm³/mol. The van der Waals surface area contributed by atoms with Gasteiger partial charge in [0.15, 0.2) is 6.61 Å². The first-order valence-electron chi connectivity index (χ1n) is 5.74. The fourth-order valence-corrected chi connectivity index (χ4v) is 3.61. The van der Waals surface area contributed by atoms with E-state index in [-0.39, 0.29) is 15.5 Å². The molecule has 0 fully saturated rings. The Labute approximate surface area is 125 Å². The Morgan fingerprint density at radius 2 is 2.05 bits per heavy atom. The van der Waals surface area contributed by atoms with Gasteiger partial charge in [-0.1, -0.05) is 18.2 Å². The van der Waals surface area contributed by atoms with E-state index in [1.165, 1.54) is 18.2 Å². The average molecular weight is 322 g/mol. The van der Waals surface area contributed by atoms with E-state index in [9.17, 15) is 13.2 Å². The summed E-state index contributed by atoms with van der Waals surface area (Å²) >= 11 is 1.07. The summed E-state index contributed by atoms with van der Waals surface area (Å²) in [5.74, 6) is -0.763. The monoisotopic (exact) mass is 322 g/mol. The Morgan fingerprint density at radius 3 is 2.71 bits per heavy atom. The van der Waals surface area contributed by atoms with Gasteiger partial charge in [-0.05, 0) is 23.6 Å². The van der Waals surface area contributed by atoms with Crippen LogP contribution >= 0.6 is 11.3 Å². The number of nitriles is 1. The molecule has 0 saturated heterocycles. The molecule has 21 heavy (non-hydrogen) atoms. The maximum absolute atomic E-state index is 12.1. The Morgan fingerprint density at radius 1 is 1.29 bits per heavy atom. The van der Waals surface area contributed by atoms with Crippen LogP contribution in [0.25, 0.3) is 0 Å². The van der Waals surface area contributed by atoms with Crippen LogP contribution in [0.3, 0.4) is 0 Å². The van der Waals surface area contributed by atoms with Gasteiger partial charge in [-0.15, -0.1) is 11.3 Å². The number of sulfonamides is 1. The highest BCUT2D eigenvalue weighted by Crippen LogP contribution is 2.23. The zero-order valence-electron chi connectivity index (χ0n) is 10.6. The van der Waals surface area contributed by atoms with E-state index in [0.29, 0.717) is 0 Å². The first-order valence-corrected chi connectivity index (χ1v) is 8.10. The molecule has 0 aliphatic rings. The van der Waals surface area contributed by atoms with Crippen LogP contribution in [0, 0.1) is 11.3 Å². The third-order valence-corrected chi connectivity index (χ3v) is 5.18. The first-order chi connectivity index (χ1) is 10.0. The van der Waals surface area contributed by atoms with Crippen molar-refractivity contribution in [3.63, 3.8) is 0 Å². The molecule has 1 N–H and O–H groups in total. The highest BCUT2D eigenvalue weighted by molar-refractivity contribution is 7.94. The summed E-state index contributed by atoms with van der Waals surface area (Å²) in [5.41, 5.74) is 0.154. The van der Waals surface area contributed by atoms with Gasteiger partial charge in [-0.25, -0.2) is 13.2 Å². The van der Waals surface area contributed by atoms with Crippen molar-refractivity contribution in [2.45, 2.75) is 4.21 Å². The van der Waals surface area contributed by atoms with Crippen molar-refractivity contribution < 1.29 is 17.9 Å². The molecule has 0 unspecified atom stereocenters. The lowest BCUT2D eigenvalue weighted by molar-refractivity contribution is 0.0556. The minimum atomic E-state index is -3.75. The molecule has 1 aromatic carbocycles. The molecule has 0 aliphatic heterocycles. The molecule has 6 nitrogen and oxygen atoms in total. The zero-order valence-corrected chi connectivity index (χ0v) is 12.3. The molecule has 0 spiro atoms. The molecular weight excluding hydrogens is 312 g/mol. The van der Waals surface area contributed by atoms with E-state index in [1.54, 1.807) is 29.6 Å². The summed E-state index contributed by atoms with van der Waals surface area (Å²) < 4.78 is 31.5. The van der Waals surface area contributed by atoms with Crippen molar-refractivity contribution in [3.8, 4) is 6.07 Å². The SMILES string of the molecule is N#CCOC(=O)c1ccccc1NS(=O)(=O)c1cccs1. The summed E-state index contributed by atoms with van der Waals surface area (Å²) in [6.45, 7) is -0.398. The summed E-state index contributed by atoms with van der Waals surface area (Å²) in [6, 6.07) is 10.8. The third-order valence-electron chi connectivity index (χ3n) is 2.42. The second kappa shape index (κ2) is 6.39. The molecule has 0 bridgehead atoms.